The van der Waals surface area contributed by atoms with Gasteiger partial charge in [0.05, 0.1) is 6.54 Å². The maximum Gasteiger partial charge on any atom is 0.137 e. The molecule has 0 aliphatic carbocycles. The minimum atomic E-state index is 0.758. The van der Waals surface area contributed by atoms with Crippen molar-refractivity contribution in [2.75, 3.05) is 0 Å². The van der Waals surface area contributed by atoms with Gasteiger partial charge in [0, 0.05) is 0 Å². The second-order valence-corrected chi connectivity index (χ2v) is 3.24. The maximum absolute atomic E-state index is 4.05. The van der Waals surface area contributed by atoms with Crippen LogP contribution in [0.25, 0.3) is 6.08 Å². The van der Waals surface area contributed by atoms with Crippen molar-refractivity contribution < 1.29 is 0 Å². The summed E-state index contributed by atoms with van der Waals surface area (Å²) in [6.07, 6.45) is 7.01. The van der Waals surface area contributed by atoms with E-state index in [0.29, 0.717) is 0 Å². The third-order valence-corrected chi connectivity index (χ3v) is 2.10. The predicted octanol–water partition coefficient (Wildman–Crippen LogP) is 2.17. The Morgan fingerprint density at radius 2 is 2.07 bits per heavy atom. The van der Waals surface area contributed by atoms with Crippen molar-refractivity contribution in [2.24, 2.45) is 0 Å². The second kappa shape index (κ2) is 4.55. The lowest BCUT2D eigenvalue weighted by Crippen LogP contribution is -1.99. The number of benzene rings is 1. The first-order valence-electron chi connectivity index (χ1n) is 4.75. The van der Waals surface area contributed by atoms with Crippen molar-refractivity contribution >= 4 is 6.08 Å². The van der Waals surface area contributed by atoms with Crippen molar-refractivity contribution in [2.45, 2.75) is 6.54 Å². The van der Waals surface area contributed by atoms with Crippen LogP contribution < -0.4 is 0 Å². The van der Waals surface area contributed by atoms with Crippen LogP contribution in [0, 0.1) is 6.92 Å². The van der Waals surface area contributed by atoms with Gasteiger partial charge in [-0.25, -0.2) is 9.67 Å². The molecule has 0 bridgehead atoms. The van der Waals surface area contributed by atoms with Crippen LogP contribution in [-0.4, -0.2) is 14.8 Å². The molecule has 1 radical (unpaired) electrons. The topological polar surface area (TPSA) is 30.7 Å². The molecule has 0 saturated carbocycles. The molecule has 2 aromatic rings. The van der Waals surface area contributed by atoms with Crippen molar-refractivity contribution in [1.29, 1.82) is 0 Å². The Balaban J connectivity index is 2.10. The molecule has 15 heavy (non-hydrogen) atoms. The van der Waals surface area contributed by atoms with E-state index in [1.165, 1.54) is 5.56 Å². The molecule has 3 heteroatoms. The number of aromatic nitrogens is 3. The third-order valence-electron chi connectivity index (χ3n) is 2.10. The molecule has 75 valence electrons. The summed E-state index contributed by atoms with van der Waals surface area (Å²) >= 11 is 0. The molecule has 0 aliphatic rings. The Morgan fingerprint density at radius 1 is 1.27 bits per heavy atom. The highest BCUT2D eigenvalue weighted by Gasteiger charge is 1.94. The van der Waals surface area contributed by atoms with E-state index in [9.17, 15) is 0 Å². The minimum Gasteiger partial charge on any atom is -0.249 e. The van der Waals surface area contributed by atoms with E-state index in [0.717, 1.165) is 12.1 Å². The summed E-state index contributed by atoms with van der Waals surface area (Å²) in [6.45, 7) is 4.42. The number of hydrogen-bond acceptors (Lipinski definition) is 2. The Hall–Kier alpha value is -1.90. The Kier molecular flexibility index (Phi) is 2.93. The van der Waals surface area contributed by atoms with Gasteiger partial charge in [0.15, 0.2) is 0 Å². The van der Waals surface area contributed by atoms with Crippen molar-refractivity contribution in [3.05, 3.63) is 61.0 Å². The van der Waals surface area contributed by atoms with Crippen molar-refractivity contribution in [1.82, 2.24) is 14.8 Å². The van der Waals surface area contributed by atoms with Crippen LogP contribution in [0.3, 0.4) is 0 Å². The van der Waals surface area contributed by atoms with E-state index in [1.807, 2.05) is 6.08 Å². The molecule has 2 rings (SSSR count). The van der Waals surface area contributed by atoms with Crippen LogP contribution in [0.1, 0.15) is 11.1 Å². The Bertz CT molecular complexity index is 426. The standard InChI is InChI=1S/C12H12N3/c1-2-3-11-4-6-12(7-5-11)8-15-10-13-9-14-15/h2-7,9-10H,1,8H2. The zero-order valence-corrected chi connectivity index (χ0v) is 8.37. The van der Waals surface area contributed by atoms with E-state index in [4.69, 9.17) is 0 Å². The van der Waals surface area contributed by atoms with Gasteiger partial charge in [-0.3, -0.25) is 0 Å². The van der Waals surface area contributed by atoms with Gasteiger partial charge < -0.3 is 0 Å². The molecule has 1 aromatic carbocycles. The number of hydrogen-bond donors (Lipinski definition) is 0. The molecule has 0 amide bonds. The van der Waals surface area contributed by atoms with Gasteiger partial charge in [-0.2, -0.15) is 5.10 Å². The summed E-state index contributed by atoms with van der Waals surface area (Å²) in [5.74, 6) is 0. The molecule has 0 aliphatic heterocycles. The summed E-state index contributed by atoms with van der Waals surface area (Å²) in [5.41, 5.74) is 2.37. The van der Waals surface area contributed by atoms with Crippen molar-refractivity contribution in [3.63, 3.8) is 0 Å². The van der Waals surface area contributed by atoms with Gasteiger partial charge in [0.2, 0.25) is 0 Å². The summed E-state index contributed by atoms with van der Waals surface area (Å²) < 4.78 is 1.80. The van der Waals surface area contributed by atoms with Crippen LogP contribution in [0.15, 0.2) is 43.0 Å². The van der Waals surface area contributed by atoms with Gasteiger partial charge in [0.1, 0.15) is 12.7 Å². The number of allylic oxidation sites excluding steroid dienone is 1. The lowest BCUT2D eigenvalue weighted by atomic mass is 10.1. The number of rotatable bonds is 3. The van der Waals surface area contributed by atoms with Crippen LogP contribution in [0.2, 0.25) is 0 Å². The Labute approximate surface area is 89.1 Å². The summed E-state index contributed by atoms with van der Waals surface area (Å²) in [4.78, 5) is 3.90. The predicted molar refractivity (Wildman–Crippen MR) is 60.0 cm³/mol. The first-order valence-corrected chi connectivity index (χ1v) is 4.75. The molecule has 3 nitrogen and oxygen atoms in total. The molecule has 0 fully saturated rings. The molecule has 1 heterocycles. The van der Waals surface area contributed by atoms with E-state index < -0.39 is 0 Å². The first-order chi connectivity index (χ1) is 7.38. The minimum absolute atomic E-state index is 0.758. The van der Waals surface area contributed by atoms with Crippen LogP contribution in [0.5, 0.6) is 0 Å². The lowest BCUT2D eigenvalue weighted by Gasteiger charge is -2.01. The largest absolute Gasteiger partial charge is 0.249 e. The third kappa shape index (κ3) is 2.53. The summed E-state index contributed by atoms with van der Waals surface area (Å²) in [7, 11) is 0. The highest BCUT2D eigenvalue weighted by Crippen LogP contribution is 2.07. The van der Waals surface area contributed by atoms with Crippen LogP contribution in [0.4, 0.5) is 0 Å². The highest BCUT2D eigenvalue weighted by molar-refractivity contribution is 5.49. The summed E-state index contributed by atoms with van der Waals surface area (Å²) in [5, 5.41) is 4.05. The quantitative estimate of drug-likeness (QED) is 0.756. The van der Waals surface area contributed by atoms with Gasteiger partial charge >= 0.3 is 0 Å². The molecule has 0 saturated heterocycles. The smallest absolute Gasteiger partial charge is 0.137 e. The second-order valence-electron chi connectivity index (χ2n) is 3.24. The number of nitrogens with zero attached hydrogens (tertiary/aromatic N) is 3. The zero-order chi connectivity index (χ0) is 10.5. The average molecular weight is 198 g/mol. The SMILES string of the molecule is [CH2]C=Cc1ccc(Cn2cncn2)cc1. The molecule has 0 spiro atoms. The van der Waals surface area contributed by atoms with E-state index in [-0.39, 0.29) is 0 Å². The van der Waals surface area contributed by atoms with Crippen LogP contribution >= 0.6 is 0 Å². The monoisotopic (exact) mass is 198 g/mol. The van der Waals surface area contributed by atoms with Gasteiger partial charge in [-0.1, -0.05) is 36.4 Å². The molecule has 1 aromatic heterocycles. The van der Waals surface area contributed by atoms with Crippen LogP contribution in [-0.2, 0) is 6.54 Å². The summed E-state index contributed by atoms with van der Waals surface area (Å²) in [6, 6.07) is 8.29. The Morgan fingerprint density at radius 3 is 2.67 bits per heavy atom. The average Bonchev–Trinajstić information content (AvgIpc) is 2.74. The van der Waals surface area contributed by atoms with Gasteiger partial charge in [-0.05, 0) is 18.1 Å². The van der Waals surface area contributed by atoms with E-state index >= 15 is 0 Å². The normalized spacial score (nSPS) is 11.0. The first kappa shape index (κ1) is 9.65. The fraction of sp³-hybridized carbons (Fsp3) is 0.0833. The van der Waals surface area contributed by atoms with E-state index in [1.54, 1.807) is 23.4 Å². The maximum atomic E-state index is 4.05. The highest BCUT2D eigenvalue weighted by atomic mass is 15.3. The molecule has 0 N–H and O–H groups in total. The zero-order valence-electron chi connectivity index (χ0n) is 8.37. The van der Waals surface area contributed by atoms with Gasteiger partial charge in [-0.15, -0.1) is 0 Å². The molecule has 0 unspecified atom stereocenters. The molecule has 0 atom stereocenters. The van der Waals surface area contributed by atoms with Crippen molar-refractivity contribution in [3.8, 4) is 0 Å². The van der Waals surface area contributed by atoms with Gasteiger partial charge in [0.25, 0.3) is 0 Å². The molecular weight excluding hydrogens is 186 g/mol. The molecular formula is C12H12N3. The fourth-order valence-electron chi connectivity index (χ4n) is 1.37. The lowest BCUT2D eigenvalue weighted by molar-refractivity contribution is 0.685. The fourth-order valence-corrected chi connectivity index (χ4v) is 1.37. The van der Waals surface area contributed by atoms with E-state index in [2.05, 4.69) is 41.3 Å².